The minimum atomic E-state index is -3.87. The molecule has 0 aliphatic heterocycles. The number of carbonyl (C=O) groups is 1. The molecule has 7 nitrogen and oxygen atoms in total. The van der Waals surface area contributed by atoms with Gasteiger partial charge in [-0.25, -0.2) is 8.42 Å². The molecule has 0 atom stereocenters. The first-order valence-electron chi connectivity index (χ1n) is 10.1. The fourth-order valence-electron chi connectivity index (χ4n) is 3.47. The number of hydrogen-bond acceptors (Lipinski definition) is 5. The van der Waals surface area contributed by atoms with Crippen LogP contribution in [0.2, 0.25) is 5.02 Å². The lowest BCUT2D eigenvalue weighted by molar-refractivity contribution is -0.121. The summed E-state index contributed by atoms with van der Waals surface area (Å²) >= 11 is 6.14. The SMILES string of the molecule is CCOCCCNC(=O)CN(C1CCCCC1)S(=O)(=O)c1ccc(OC)c(Cl)c1. The largest absolute Gasteiger partial charge is 0.495 e. The van der Waals surface area contributed by atoms with E-state index >= 15 is 0 Å². The maximum Gasteiger partial charge on any atom is 0.243 e. The molecule has 0 saturated heterocycles. The highest BCUT2D eigenvalue weighted by Crippen LogP contribution is 2.31. The number of carbonyl (C=O) groups excluding carboxylic acids is 1. The van der Waals surface area contributed by atoms with Gasteiger partial charge in [-0.15, -0.1) is 0 Å². The van der Waals surface area contributed by atoms with Gasteiger partial charge in [0.05, 0.1) is 23.6 Å². The van der Waals surface area contributed by atoms with Crippen LogP contribution in [0, 0.1) is 0 Å². The number of hydrogen-bond donors (Lipinski definition) is 1. The average molecular weight is 447 g/mol. The number of ether oxygens (including phenoxy) is 2. The molecule has 1 aliphatic rings. The van der Waals surface area contributed by atoms with E-state index in [4.69, 9.17) is 21.1 Å². The highest BCUT2D eigenvalue weighted by Gasteiger charge is 2.34. The van der Waals surface area contributed by atoms with Gasteiger partial charge in [-0.05, 0) is 44.4 Å². The van der Waals surface area contributed by atoms with Crippen LogP contribution in [0.3, 0.4) is 0 Å². The Morgan fingerprint density at radius 1 is 1.28 bits per heavy atom. The van der Waals surface area contributed by atoms with Crippen LogP contribution in [0.1, 0.15) is 45.4 Å². The van der Waals surface area contributed by atoms with Crippen LogP contribution < -0.4 is 10.1 Å². The number of nitrogens with one attached hydrogen (secondary N) is 1. The quantitative estimate of drug-likeness (QED) is 0.527. The summed E-state index contributed by atoms with van der Waals surface area (Å²) in [6.45, 7) is 3.35. The molecular formula is C20H31ClN2O5S. The van der Waals surface area contributed by atoms with E-state index in [1.165, 1.54) is 29.6 Å². The van der Waals surface area contributed by atoms with Gasteiger partial charge in [0.1, 0.15) is 5.75 Å². The Morgan fingerprint density at radius 2 is 2.00 bits per heavy atom. The maximum absolute atomic E-state index is 13.4. The molecule has 2 rings (SSSR count). The molecule has 1 aromatic carbocycles. The zero-order valence-electron chi connectivity index (χ0n) is 17.2. The van der Waals surface area contributed by atoms with E-state index < -0.39 is 10.0 Å². The van der Waals surface area contributed by atoms with Crippen molar-refractivity contribution in [2.45, 2.75) is 56.4 Å². The van der Waals surface area contributed by atoms with Gasteiger partial charge in [-0.3, -0.25) is 4.79 Å². The summed E-state index contributed by atoms with van der Waals surface area (Å²) in [7, 11) is -2.40. The van der Waals surface area contributed by atoms with Crippen molar-refractivity contribution in [3.8, 4) is 5.75 Å². The predicted molar refractivity (Wildman–Crippen MR) is 113 cm³/mol. The molecule has 1 saturated carbocycles. The van der Waals surface area contributed by atoms with Gasteiger partial charge in [-0.1, -0.05) is 30.9 Å². The number of benzene rings is 1. The Bertz CT molecular complexity index is 766. The van der Waals surface area contributed by atoms with Gasteiger partial charge in [0.2, 0.25) is 15.9 Å². The molecule has 1 amide bonds. The molecule has 1 aromatic rings. The fourth-order valence-corrected chi connectivity index (χ4v) is 5.46. The summed E-state index contributed by atoms with van der Waals surface area (Å²) in [5.41, 5.74) is 0. The van der Waals surface area contributed by atoms with Crippen molar-refractivity contribution in [2.75, 3.05) is 33.4 Å². The molecular weight excluding hydrogens is 416 g/mol. The van der Waals surface area contributed by atoms with E-state index in [0.29, 0.717) is 31.9 Å². The Morgan fingerprint density at radius 3 is 2.62 bits per heavy atom. The van der Waals surface area contributed by atoms with E-state index in [1.54, 1.807) is 0 Å². The molecule has 0 bridgehead atoms. The molecule has 164 valence electrons. The molecule has 0 radical (unpaired) electrons. The number of halogens is 1. The summed E-state index contributed by atoms with van der Waals surface area (Å²) in [6, 6.07) is 4.19. The van der Waals surface area contributed by atoms with Gasteiger partial charge in [0.25, 0.3) is 0 Å². The Labute approximate surface area is 178 Å². The van der Waals surface area contributed by atoms with Crippen LogP contribution in [0.4, 0.5) is 0 Å². The van der Waals surface area contributed by atoms with Gasteiger partial charge >= 0.3 is 0 Å². The lowest BCUT2D eigenvalue weighted by Gasteiger charge is -2.33. The van der Waals surface area contributed by atoms with Gasteiger partial charge in [0, 0.05) is 25.8 Å². The van der Waals surface area contributed by atoms with Crippen LogP contribution in [-0.2, 0) is 19.6 Å². The van der Waals surface area contributed by atoms with Crippen molar-refractivity contribution in [3.63, 3.8) is 0 Å². The summed E-state index contributed by atoms with van der Waals surface area (Å²) in [5, 5.41) is 3.01. The molecule has 1 fully saturated rings. The molecule has 0 unspecified atom stereocenters. The minimum absolute atomic E-state index is 0.0676. The second-order valence-corrected chi connectivity index (χ2v) is 9.34. The Balaban J connectivity index is 2.16. The molecule has 0 heterocycles. The normalized spacial score (nSPS) is 15.4. The van der Waals surface area contributed by atoms with E-state index in [9.17, 15) is 13.2 Å². The first-order chi connectivity index (χ1) is 13.9. The van der Waals surface area contributed by atoms with E-state index in [1.807, 2.05) is 6.92 Å². The van der Waals surface area contributed by atoms with Crippen molar-refractivity contribution in [1.82, 2.24) is 9.62 Å². The van der Waals surface area contributed by atoms with Crippen LogP contribution in [0.25, 0.3) is 0 Å². The number of rotatable bonds is 11. The standard InChI is InChI=1S/C20H31ClN2O5S/c1-3-28-13-7-12-22-20(24)15-23(16-8-5-4-6-9-16)29(25,26)17-10-11-19(27-2)18(21)14-17/h10-11,14,16H,3-9,12-13,15H2,1-2H3,(H,22,24). The third kappa shape index (κ3) is 6.84. The first kappa shape index (κ1) is 23.9. The van der Waals surface area contributed by atoms with E-state index in [-0.39, 0.29) is 28.4 Å². The van der Waals surface area contributed by atoms with E-state index in [2.05, 4.69) is 5.32 Å². The number of methoxy groups -OCH3 is 1. The highest BCUT2D eigenvalue weighted by molar-refractivity contribution is 7.89. The third-order valence-corrected chi connectivity index (χ3v) is 7.19. The van der Waals surface area contributed by atoms with Gasteiger partial charge in [-0.2, -0.15) is 4.31 Å². The zero-order valence-corrected chi connectivity index (χ0v) is 18.7. The summed E-state index contributed by atoms with van der Waals surface area (Å²) in [5.74, 6) is 0.0946. The van der Waals surface area contributed by atoms with Crippen molar-refractivity contribution >= 4 is 27.5 Å². The monoisotopic (exact) mass is 446 g/mol. The van der Waals surface area contributed by atoms with Crippen LogP contribution >= 0.6 is 11.6 Å². The Hall–Kier alpha value is -1.35. The van der Waals surface area contributed by atoms with Crippen molar-refractivity contribution in [3.05, 3.63) is 23.2 Å². The average Bonchev–Trinajstić information content (AvgIpc) is 2.72. The van der Waals surface area contributed by atoms with Crippen LogP contribution in [0.5, 0.6) is 5.75 Å². The smallest absolute Gasteiger partial charge is 0.243 e. The van der Waals surface area contributed by atoms with E-state index in [0.717, 1.165) is 32.1 Å². The third-order valence-electron chi connectivity index (χ3n) is 5.00. The Kier molecular flexibility index (Phi) is 9.68. The number of amides is 1. The number of nitrogens with zero attached hydrogens (tertiary/aromatic N) is 1. The van der Waals surface area contributed by atoms with Crippen molar-refractivity contribution in [1.29, 1.82) is 0 Å². The topological polar surface area (TPSA) is 84.9 Å². The zero-order chi connectivity index (χ0) is 21.3. The van der Waals surface area contributed by atoms with Gasteiger partial charge in [0.15, 0.2) is 0 Å². The van der Waals surface area contributed by atoms with Crippen molar-refractivity contribution < 1.29 is 22.7 Å². The summed E-state index contributed by atoms with van der Waals surface area (Å²) in [4.78, 5) is 12.5. The fraction of sp³-hybridized carbons (Fsp3) is 0.650. The molecule has 9 heteroatoms. The molecule has 0 aromatic heterocycles. The summed E-state index contributed by atoms with van der Waals surface area (Å²) in [6.07, 6.45) is 5.18. The summed E-state index contributed by atoms with van der Waals surface area (Å²) < 4.78 is 38.4. The van der Waals surface area contributed by atoms with Crippen LogP contribution in [-0.4, -0.2) is 58.1 Å². The predicted octanol–water partition coefficient (Wildman–Crippen LogP) is 3.21. The van der Waals surface area contributed by atoms with Crippen LogP contribution in [0.15, 0.2) is 23.1 Å². The van der Waals surface area contributed by atoms with Crippen molar-refractivity contribution in [2.24, 2.45) is 0 Å². The minimum Gasteiger partial charge on any atom is -0.495 e. The lowest BCUT2D eigenvalue weighted by Crippen LogP contribution is -2.47. The lowest BCUT2D eigenvalue weighted by atomic mass is 9.95. The highest BCUT2D eigenvalue weighted by atomic mass is 35.5. The van der Waals surface area contributed by atoms with Gasteiger partial charge < -0.3 is 14.8 Å². The number of sulfonamides is 1. The molecule has 1 N–H and O–H groups in total. The molecule has 1 aliphatic carbocycles. The maximum atomic E-state index is 13.4. The first-order valence-corrected chi connectivity index (χ1v) is 11.9. The molecule has 29 heavy (non-hydrogen) atoms. The second-order valence-electron chi connectivity index (χ2n) is 7.04. The second kappa shape index (κ2) is 11.7. The molecule has 0 spiro atoms.